The Kier molecular flexibility index (Phi) is 4.72. The van der Waals surface area contributed by atoms with Gasteiger partial charge in [0.15, 0.2) is 0 Å². The summed E-state index contributed by atoms with van der Waals surface area (Å²) in [5, 5.41) is 0. The Bertz CT molecular complexity index is 259. The van der Waals surface area contributed by atoms with E-state index in [1.165, 1.54) is 0 Å². The van der Waals surface area contributed by atoms with Crippen molar-refractivity contribution in [2.45, 2.75) is 5.75 Å². The largest absolute Gasteiger partial charge is 0.384 e. The van der Waals surface area contributed by atoms with Crippen molar-refractivity contribution in [1.29, 1.82) is 0 Å². The van der Waals surface area contributed by atoms with Gasteiger partial charge < -0.3 is 4.74 Å². The third-order valence-corrected chi connectivity index (χ3v) is 2.96. The van der Waals surface area contributed by atoms with Crippen LogP contribution < -0.4 is 0 Å². The maximum atomic E-state index is 11.4. The Morgan fingerprint density at radius 1 is 1.31 bits per heavy atom. The number of benzene rings is 1. The molecule has 1 rings (SSSR count). The molecule has 0 bridgehead atoms. The lowest BCUT2D eigenvalue weighted by Gasteiger charge is -2.01. The average molecular weight is 198 g/mol. The van der Waals surface area contributed by atoms with Crippen molar-refractivity contribution in [2.24, 2.45) is 0 Å². The summed E-state index contributed by atoms with van der Waals surface area (Å²) in [4.78, 5) is 0. The van der Waals surface area contributed by atoms with E-state index in [2.05, 4.69) is 0 Å². The minimum absolute atomic E-state index is 0.569. The molecule has 1 aromatic carbocycles. The molecular formula is C10H14O2S. The van der Waals surface area contributed by atoms with Crippen molar-refractivity contribution in [1.82, 2.24) is 0 Å². The van der Waals surface area contributed by atoms with Gasteiger partial charge in [-0.1, -0.05) is 30.3 Å². The molecule has 0 saturated heterocycles. The van der Waals surface area contributed by atoms with Crippen LogP contribution in [0.5, 0.6) is 0 Å². The summed E-state index contributed by atoms with van der Waals surface area (Å²) in [7, 11) is 0.829. The van der Waals surface area contributed by atoms with Crippen LogP contribution in [0.3, 0.4) is 0 Å². The van der Waals surface area contributed by atoms with Crippen LogP contribution in [0.4, 0.5) is 0 Å². The molecule has 0 unspecified atom stereocenters. The van der Waals surface area contributed by atoms with E-state index in [-0.39, 0.29) is 0 Å². The van der Waals surface area contributed by atoms with Crippen LogP contribution in [-0.4, -0.2) is 23.7 Å². The smallest absolute Gasteiger partial charge is 0.0577 e. The minimum Gasteiger partial charge on any atom is -0.384 e. The third kappa shape index (κ3) is 4.20. The zero-order valence-electron chi connectivity index (χ0n) is 7.73. The molecule has 0 fully saturated rings. The Labute approximate surface area is 81.4 Å². The minimum atomic E-state index is -0.796. The first-order valence-corrected chi connectivity index (χ1v) is 5.69. The van der Waals surface area contributed by atoms with E-state index < -0.39 is 10.8 Å². The van der Waals surface area contributed by atoms with Crippen LogP contribution in [0.15, 0.2) is 30.3 Å². The molecular weight excluding hydrogens is 184 g/mol. The van der Waals surface area contributed by atoms with E-state index in [0.717, 1.165) is 5.56 Å². The van der Waals surface area contributed by atoms with Gasteiger partial charge >= 0.3 is 0 Å². The van der Waals surface area contributed by atoms with Crippen molar-refractivity contribution in [2.75, 3.05) is 19.5 Å². The highest BCUT2D eigenvalue weighted by Gasteiger charge is 1.99. The van der Waals surface area contributed by atoms with Gasteiger partial charge in [-0.2, -0.15) is 0 Å². The van der Waals surface area contributed by atoms with Crippen molar-refractivity contribution < 1.29 is 8.95 Å². The van der Waals surface area contributed by atoms with Gasteiger partial charge in [0.2, 0.25) is 0 Å². The second-order valence-electron chi connectivity index (χ2n) is 2.77. The van der Waals surface area contributed by atoms with Gasteiger partial charge in [-0.25, -0.2) is 0 Å². The molecule has 0 spiro atoms. The lowest BCUT2D eigenvalue weighted by Crippen LogP contribution is -2.06. The fraction of sp³-hybridized carbons (Fsp3) is 0.400. The normalized spacial score (nSPS) is 12.7. The first kappa shape index (κ1) is 10.4. The summed E-state index contributed by atoms with van der Waals surface area (Å²) in [5.74, 6) is 1.25. The summed E-state index contributed by atoms with van der Waals surface area (Å²) in [6, 6.07) is 9.86. The van der Waals surface area contributed by atoms with E-state index in [4.69, 9.17) is 4.74 Å². The highest BCUT2D eigenvalue weighted by atomic mass is 32.2. The zero-order valence-corrected chi connectivity index (χ0v) is 8.55. The lowest BCUT2D eigenvalue weighted by atomic mass is 10.2. The maximum absolute atomic E-state index is 11.4. The summed E-state index contributed by atoms with van der Waals surface area (Å²) in [6.07, 6.45) is 0. The van der Waals surface area contributed by atoms with Gasteiger partial charge in [0.1, 0.15) is 0 Å². The fourth-order valence-corrected chi connectivity index (χ4v) is 2.07. The molecule has 1 aromatic rings. The summed E-state index contributed by atoms with van der Waals surface area (Å²) >= 11 is 0. The molecule has 2 nitrogen and oxygen atoms in total. The van der Waals surface area contributed by atoms with Crippen LogP contribution in [0, 0.1) is 0 Å². The van der Waals surface area contributed by atoms with Crippen LogP contribution >= 0.6 is 0 Å². The summed E-state index contributed by atoms with van der Waals surface area (Å²) in [5.41, 5.74) is 1.12. The fourth-order valence-electron chi connectivity index (χ4n) is 1.01. The zero-order chi connectivity index (χ0) is 9.52. The number of rotatable bonds is 5. The van der Waals surface area contributed by atoms with Crippen LogP contribution in [-0.2, 0) is 21.3 Å². The highest BCUT2D eigenvalue weighted by molar-refractivity contribution is 7.84. The third-order valence-electron chi connectivity index (χ3n) is 1.69. The van der Waals surface area contributed by atoms with Gasteiger partial charge in [-0.05, 0) is 5.56 Å². The first-order valence-electron chi connectivity index (χ1n) is 4.21. The average Bonchev–Trinajstić information content (AvgIpc) is 2.16. The molecule has 72 valence electrons. The maximum Gasteiger partial charge on any atom is 0.0577 e. The number of hydrogen-bond acceptors (Lipinski definition) is 2. The Morgan fingerprint density at radius 3 is 2.62 bits per heavy atom. The summed E-state index contributed by atoms with van der Waals surface area (Å²) < 4.78 is 16.3. The topological polar surface area (TPSA) is 26.3 Å². The monoisotopic (exact) mass is 198 g/mol. The van der Waals surface area contributed by atoms with Crippen molar-refractivity contribution in [3.05, 3.63) is 35.9 Å². The Balaban J connectivity index is 2.37. The van der Waals surface area contributed by atoms with E-state index in [9.17, 15) is 4.21 Å². The first-order chi connectivity index (χ1) is 6.33. The predicted octanol–water partition coefficient (Wildman–Crippen LogP) is 1.58. The molecule has 1 atom stereocenters. The lowest BCUT2D eigenvalue weighted by molar-refractivity contribution is 0.218. The van der Waals surface area contributed by atoms with Crippen LogP contribution in [0.2, 0.25) is 0 Å². The number of ether oxygens (including phenoxy) is 1. The van der Waals surface area contributed by atoms with Gasteiger partial charge in [-0.3, -0.25) is 4.21 Å². The SMILES string of the molecule is COCC[S@](=O)Cc1ccccc1. The van der Waals surface area contributed by atoms with E-state index in [1.807, 2.05) is 30.3 Å². The van der Waals surface area contributed by atoms with E-state index in [1.54, 1.807) is 7.11 Å². The molecule has 0 heterocycles. The van der Waals surface area contributed by atoms with Crippen LogP contribution in [0.1, 0.15) is 5.56 Å². The quantitative estimate of drug-likeness (QED) is 0.718. The second-order valence-corrected chi connectivity index (χ2v) is 4.34. The molecule has 3 heteroatoms. The molecule has 0 aromatic heterocycles. The second kappa shape index (κ2) is 5.89. The Morgan fingerprint density at radius 2 is 2.00 bits per heavy atom. The molecule has 0 amide bonds. The number of hydrogen-bond donors (Lipinski definition) is 0. The molecule has 0 aliphatic carbocycles. The van der Waals surface area contributed by atoms with Crippen LogP contribution in [0.25, 0.3) is 0 Å². The standard InChI is InChI=1S/C10H14O2S/c1-12-7-8-13(11)9-10-5-3-2-4-6-10/h2-6H,7-9H2,1H3/t13-/m0/s1. The van der Waals surface area contributed by atoms with Crippen molar-refractivity contribution in [3.8, 4) is 0 Å². The van der Waals surface area contributed by atoms with Gasteiger partial charge in [0, 0.05) is 29.4 Å². The summed E-state index contributed by atoms with van der Waals surface area (Å²) in [6.45, 7) is 0.569. The van der Waals surface area contributed by atoms with Gasteiger partial charge in [-0.15, -0.1) is 0 Å². The molecule has 13 heavy (non-hydrogen) atoms. The predicted molar refractivity (Wildman–Crippen MR) is 55.0 cm³/mol. The van der Waals surface area contributed by atoms with E-state index in [0.29, 0.717) is 18.1 Å². The highest BCUT2D eigenvalue weighted by Crippen LogP contribution is 2.02. The Hall–Kier alpha value is -0.670. The number of methoxy groups -OCH3 is 1. The van der Waals surface area contributed by atoms with Crippen molar-refractivity contribution in [3.63, 3.8) is 0 Å². The molecule has 0 aliphatic heterocycles. The van der Waals surface area contributed by atoms with Gasteiger partial charge in [0.25, 0.3) is 0 Å². The molecule has 0 saturated carbocycles. The van der Waals surface area contributed by atoms with Gasteiger partial charge in [0.05, 0.1) is 6.61 Å². The molecule has 0 radical (unpaired) electrons. The van der Waals surface area contributed by atoms with E-state index >= 15 is 0 Å². The molecule has 0 N–H and O–H groups in total. The van der Waals surface area contributed by atoms with Crippen molar-refractivity contribution >= 4 is 10.8 Å². The molecule has 0 aliphatic rings.